The molecule has 1 aliphatic rings. The molecule has 2 heterocycles. The van der Waals surface area contributed by atoms with Gasteiger partial charge in [0, 0.05) is 35.6 Å². The molecule has 160 valence electrons. The third kappa shape index (κ3) is 5.02. The van der Waals surface area contributed by atoms with E-state index < -0.39 is 0 Å². The Bertz CT molecular complexity index is 1080. The van der Waals surface area contributed by atoms with Gasteiger partial charge >= 0.3 is 0 Å². The van der Waals surface area contributed by atoms with Crippen LogP contribution in [-0.4, -0.2) is 34.3 Å². The normalized spacial score (nSPS) is 16.2. The number of nitrogens with one attached hydrogen (secondary N) is 1. The van der Waals surface area contributed by atoms with E-state index in [1.807, 2.05) is 42.2 Å². The molecule has 31 heavy (non-hydrogen) atoms. The molecule has 1 saturated heterocycles. The summed E-state index contributed by atoms with van der Waals surface area (Å²) in [7, 11) is 0. The van der Waals surface area contributed by atoms with Gasteiger partial charge < -0.3 is 10.2 Å². The maximum atomic E-state index is 12.9. The van der Waals surface area contributed by atoms with Crippen molar-refractivity contribution in [2.24, 2.45) is 0 Å². The van der Waals surface area contributed by atoms with Gasteiger partial charge in [-0.05, 0) is 62.4 Å². The van der Waals surface area contributed by atoms with Gasteiger partial charge in [0.15, 0.2) is 0 Å². The predicted octanol–water partition coefficient (Wildman–Crippen LogP) is 5.31. The van der Waals surface area contributed by atoms with E-state index in [0.717, 1.165) is 30.0 Å². The first-order valence-corrected chi connectivity index (χ1v) is 11.6. The van der Waals surface area contributed by atoms with Crippen LogP contribution in [0.5, 0.6) is 0 Å². The van der Waals surface area contributed by atoms with Crippen molar-refractivity contribution in [2.45, 2.75) is 45.6 Å². The largest absolute Gasteiger partial charge is 0.336 e. The number of anilines is 1. The van der Waals surface area contributed by atoms with Gasteiger partial charge in [-0.1, -0.05) is 30.3 Å². The molecule has 2 aromatic carbocycles. The van der Waals surface area contributed by atoms with Crippen LogP contribution in [0.15, 0.2) is 53.9 Å². The Morgan fingerprint density at radius 2 is 1.97 bits per heavy atom. The minimum absolute atomic E-state index is 0.0678. The molecule has 0 bridgehead atoms. The fourth-order valence-electron chi connectivity index (χ4n) is 3.96. The van der Waals surface area contributed by atoms with Crippen molar-refractivity contribution in [3.05, 3.63) is 81.3 Å². The molecular weight excluding hydrogens is 406 g/mol. The lowest BCUT2D eigenvalue weighted by atomic mass is 10.0. The van der Waals surface area contributed by atoms with Crippen molar-refractivity contribution in [3.8, 4) is 0 Å². The van der Waals surface area contributed by atoms with Crippen LogP contribution < -0.4 is 5.32 Å². The van der Waals surface area contributed by atoms with Crippen molar-refractivity contribution < 1.29 is 9.59 Å². The molecule has 3 aromatic rings. The third-order valence-corrected chi connectivity index (χ3v) is 6.62. The lowest BCUT2D eigenvalue weighted by Gasteiger charge is -2.33. The number of carbonyl (C=O) groups is 2. The average molecular weight is 434 g/mol. The minimum atomic E-state index is -0.234. The van der Waals surface area contributed by atoms with E-state index in [9.17, 15) is 9.59 Å². The standard InChI is InChI=1S/C25H27N3O2S/c1-17-14-20(25(30)28-13-7-6-8-18(28)2)11-12-21(17)27-24(29)22-16-31-23(26-22)15-19-9-4-3-5-10-19/h3-5,9-12,14,16,18H,6-8,13,15H2,1-2H3,(H,27,29). The zero-order valence-electron chi connectivity index (χ0n) is 17.9. The van der Waals surface area contributed by atoms with Crippen LogP contribution in [0.2, 0.25) is 0 Å². The summed E-state index contributed by atoms with van der Waals surface area (Å²) in [6.07, 6.45) is 4.00. The summed E-state index contributed by atoms with van der Waals surface area (Å²) in [5, 5.41) is 5.64. The number of piperidine rings is 1. The van der Waals surface area contributed by atoms with Crippen molar-refractivity contribution in [1.82, 2.24) is 9.88 Å². The van der Waals surface area contributed by atoms with Crippen LogP contribution in [0, 0.1) is 6.92 Å². The molecule has 5 nitrogen and oxygen atoms in total. The number of aromatic nitrogens is 1. The number of carbonyl (C=O) groups excluding carboxylic acids is 2. The van der Waals surface area contributed by atoms with Crippen LogP contribution in [-0.2, 0) is 6.42 Å². The Balaban J connectivity index is 1.42. The first kappa shape index (κ1) is 21.2. The van der Waals surface area contributed by atoms with E-state index in [1.165, 1.54) is 23.3 Å². The molecule has 1 fully saturated rings. The Kier molecular flexibility index (Phi) is 6.47. The van der Waals surface area contributed by atoms with E-state index >= 15 is 0 Å². The smallest absolute Gasteiger partial charge is 0.275 e. The summed E-state index contributed by atoms with van der Waals surface area (Å²) in [6.45, 7) is 4.83. The summed E-state index contributed by atoms with van der Waals surface area (Å²) in [5.74, 6) is -0.166. The van der Waals surface area contributed by atoms with Gasteiger partial charge in [0.05, 0.1) is 5.01 Å². The van der Waals surface area contributed by atoms with Crippen LogP contribution in [0.3, 0.4) is 0 Å². The molecule has 0 aliphatic carbocycles. The molecular formula is C25H27N3O2S. The fourth-order valence-corrected chi connectivity index (χ4v) is 4.76. The van der Waals surface area contributed by atoms with Crippen LogP contribution in [0.25, 0.3) is 0 Å². The summed E-state index contributed by atoms with van der Waals surface area (Å²) in [6, 6.07) is 15.8. The lowest BCUT2D eigenvalue weighted by molar-refractivity contribution is 0.0635. The second kappa shape index (κ2) is 9.43. The fraction of sp³-hybridized carbons (Fsp3) is 0.320. The van der Waals surface area contributed by atoms with Crippen LogP contribution in [0.1, 0.15) is 63.2 Å². The molecule has 1 aliphatic heterocycles. The highest BCUT2D eigenvalue weighted by Gasteiger charge is 2.24. The first-order chi connectivity index (χ1) is 15.0. The summed E-state index contributed by atoms with van der Waals surface area (Å²) >= 11 is 1.49. The van der Waals surface area contributed by atoms with Gasteiger partial charge in [0.1, 0.15) is 5.69 Å². The molecule has 1 unspecified atom stereocenters. The molecule has 1 atom stereocenters. The van der Waals surface area contributed by atoms with Crippen molar-refractivity contribution in [3.63, 3.8) is 0 Å². The number of aryl methyl sites for hydroxylation is 1. The molecule has 0 saturated carbocycles. The molecule has 0 radical (unpaired) electrons. The van der Waals surface area contributed by atoms with E-state index in [0.29, 0.717) is 23.4 Å². The van der Waals surface area contributed by atoms with E-state index in [4.69, 9.17) is 0 Å². The molecule has 0 spiro atoms. The second-order valence-electron chi connectivity index (χ2n) is 8.12. The Morgan fingerprint density at radius 1 is 1.16 bits per heavy atom. The van der Waals surface area contributed by atoms with Gasteiger partial charge in [-0.15, -0.1) is 11.3 Å². The van der Waals surface area contributed by atoms with Gasteiger partial charge in [-0.25, -0.2) is 4.98 Å². The SMILES string of the molecule is Cc1cc(C(=O)N2CCCCC2C)ccc1NC(=O)c1csc(Cc2ccccc2)n1. The maximum absolute atomic E-state index is 12.9. The van der Waals surface area contributed by atoms with Crippen LogP contribution in [0.4, 0.5) is 5.69 Å². The Morgan fingerprint density at radius 3 is 2.71 bits per heavy atom. The quantitative estimate of drug-likeness (QED) is 0.593. The zero-order chi connectivity index (χ0) is 21.8. The Hall–Kier alpha value is -2.99. The summed E-state index contributed by atoms with van der Waals surface area (Å²) < 4.78 is 0. The van der Waals surface area contributed by atoms with E-state index in [-0.39, 0.29) is 17.9 Å². The van der Waals surface area contributed by atoms with E-state index in [2.05, 4.69) is 29.4 Å². The molecule has 2 amide bonds. The number of benzene rings is 2. The zero-order valence-corrected chi connectivity index (χ0v) is 18.7. The monoisotopic (exact) mass is 433 g/mol. The highest BCUT2D eigenvalue weighted by Crippen LogP contribution is 2.23. The third-order valence-electron chi connectivity index (χ3n) is 5.77. The number of hydrogen-bond donors (Lipinski definition) is 1. The Labute approximate surface area is 187 Å². The van der Waals surface area contributed by atoms with E-state index in [1.54, 1.807) is 11.4 Å². The van der Waals surface area contributed by atoms with Crippen molar-refractivity contribution >= 4 is 28.8 Å². The van der Waals surface area contributed by atoms with Gasteiger partial charge in [0.2, 0.25) is 0 Å². The maximum Gasteiger partial charge on any atom is 0.275 e. The summed E-state index contributed by atoms with van der Waals surface area (Å²) in [5.41, 5.74) is 3.82. The highest BCUT2D eigenvalue weighted by atomic mass is 32.1. The molecule has 1 N–H and O–H groups in total. The van der Waals surface area contributed by atoms with Gasteiger partial charge in [-0.3, -0.25) is 9.59 Å². The summed E-state index contributed by atoms with van der Waals surface area (Å²) in [4.78, 5) is 32.0. The predicted molar refractivity (Wildman–Crippen MR) is 125 cm³/mol. The number of rotatable bonds is 5. The van der Waals surface area contributed by atoms with Crippen molar-refractivity contribution in [2.75, 3.05) is 11.9 Å². The van der Waals surface area contributed by atoms with Gasteiger partial charge in [0.25, 0.3) is 11.8 Å². The van der Waals surface area contributed by atoms with Crippen LogP contribution >= 0.6 is 11.3 Å². The molecule has 6 heteroatoms. The van der Waals surface area contributed by atoms with Crippen molar-refractivity contribution in [1.29, 1.82) is 0 Å². The number of thiazole rings is 1. The second-order valence-corrected chi connectivity index (χ2v) is 9.06. The topological polar surface area (TPSA) is 62.3 Å². The minimum Gasteiger partial charge on any atom is -0.336 e. The molecule has 4 rings (SSSR count). The number of hydrogen-bond acceptors (Lipinski definition) is 4. The average Bonchev–Trinajstić information content (AvgIpc) is 3.24. The first-order valence-electron chi connectivity index (χ1n) is 10.7. The number of amides is 2. The lowest BCUT2D eigenvalue weighted by Crippen LogP contribution is -2.42. The number of nitrogens with zero attached hydrogens (tertiary/aromatic N) is 2. The number of likely N-dealkylation sites (tertiary alicyclic amines) is 1. The van der Waals surface area contributed by atoms with Gasteiger partial charge in [-0.2, -0.15) is 0 Å². The highest BCUT2D eigenvalue weighted by molar-refractivity contribution is 7.09. The molecule has 1 aromatic heterocycles.